The fourth-order valence-corrected chi connectivity index (χ4v) is 11.2. The molecule has 1 saturated carbocycles. The first-order valence-electron chi connectivity index (χ1n) is 26.4. The number of nitrogens with zero attached hydrogens (tertiary/aromatic N) is 3. The van der Waals surface area contributed by atoms with Crippen LogP contribution in [0.3, 0.4) is 0 Å². The van der Waals surface area contributed by atoms with E-state index in [0.29, 0.717) is 74.9 Å². The van der Waals surface area contributed by atoms with Gasteiger partial charge in [0.1, 0.15) is 34.6 Å². The number of aliphatic hydroxyl groups excluding tert-OH is 2. The highest BCUT2D eigenvalue weighted by Gasteiger charge is 2.48. The van der Waals surface area contributed by atoms with Crippen molar-refractivity contribution in [2.24, 2.45) is 11.8 Å². The Kier molecular flexibility index (Phi) is 17.2. The second kappa shape index (κ2) is 23.6. The van der Waals surface area contributed by atoms with Gasteiger partial charge in [-0.3, -0.25) is 33.2 Å². The highest BCUT2D eigenvalue weighted by Crippen LogP contribution is 2.47. The Labute approximate surface area is 445 Å². The van der Waals surface area contributed by atoms with Gasteiger partial charge in [0.15, 0.2) is 5.82 Å². The van der Waals surface area contributed by atoms with Crippen LogP contribution in [-0.2, 0) is 19.1 Å². The lowest BCUT2D eigenvalue weighted by molar-refractivity contribution is -0.148. The summed E-state index contributed by atoms with van der Waals surface area (Å²) >= 11 is 0. The van der Waals surface area contributed by atoms with E-state index >= 15 is 9.18 Å². The largest absolute Gasteiger partial charge is 0.507 e. The molecule has 2 saturated heterocycles. The van der Waals surface area contributed by atoms with Gasteiger partial charge in [-0.1, -0.05) is 25.2 Å². The Morgan fingerprint density at radius 1 is 0.909 bits per heavy atom. The molecule has 6 N–H and O–H groups in total. The third-order valence-electron chi connectivity index (χ3n) is 15.4. The lowest BCUT2D eigenvalue weighted by Gasteiger charge is -2.37. The first-order chi connectivity index (χ1) is 36.8. The van der Waals surface area contributed by atoms with Crippen LogP contribution in [0.25, 0.3) is 5.52 Å². The van der Waals surface area contributed by atoms with Gasteiger partial charge in [0.25, 0.3) is 11.5 Å². The number of hydrogen-bond donors (Lipinski definition) is 6. The smallest absolute Gasteiger partial charge is 0.341 e. The molecule has 3 aromatic rings. The van der Waals surface area contributed by atoms with Crippen molar-refractivity contribution in [1.82, 2.24) is 19.9 Å². The molecule has 7 aliphatic rings. The number of benzene rings is 1. The Balaban J connectivity index is 0.00000387. The summed E-state index contributed by atoms with van der Waals surface area (Å²) < 4.78 is 34.3. The maximum atomic E-state index is 16.0. The Morgan fingerprint density at radius 2 is 1.62 bits per heavy atom. The van der Waals surface area contributed by atoms with Gasteiger partial charge in [-0.2, -0.15) is 0 Å². The summed E-state index contributed by atoms with van der Waals surface area (Å²) in [6.45, 7) is 10.3. The molecule has 412 valence electrons. The van der Waals surface area contributed by atoms with Crippen LogP contribution in [0.1, 0.15) is 149 Å². The van der Waals surface area contributed by atoms with E-state index in [1.807, 2.05) is 17.9 Å². The molecule has 3 fully saturated rings. The number of carboxylic acids is 1. The lowest BCUT2D eigenvalue weighted by Crippen LogP contribution is -2.47. The number of esters is 1. The first-order valence-corrected chi connectivity index (χ1v) is 26.4. The van der Waals surface area contributed by atoms with Crippen molar-refractivity contribution in [2.75, 3.05) is 44.7 Å². The van der Waals surface area contributed by atoms with Crippen LogP contribution in [0.15, 0.2) is 64.6 Å². The van der Waals surface area contributed by atoms with Crippen molar-refractivity contribution in [1.29, 1.82) is 0 Å². The predicted octanol–water partition coefficient (Wildman–Crippen LogP) is 6.06. The summed E-state index contributed by atoms with van der Waals surface area (Å²) in [5.74, 6) is -5.95. The van der Waals surface area contributed by atoms with Crippen molar-refractivity contribution in [2.45, 2.75) is 129 Å². The predicted molar refractivity (Wildman–Crippen MR) is 281 cm³/mol. The van der Waals surface area contributed by atoms with E-state index in [4.69, 9.17) is 19.3 Å². The number of nitrogens with one attached hydrogen (secondary N) is 2. The molecule has 5 aliphatic heterocycles. The van der Waals surface area contributed by atoms with Crippen LogP contribution in [-0.4, -0.2) is 129 Å². The van der Waals surface area contributed by atoms with E-state index in [1.165, 1.54) is 26.2 Å². The third kappa shape index (κ3) is 11.6. The number of pyridine rings is 2. The molecular formula is C57H68FN5O14. The number of aromatic nitrogens is 1. The van der Waals surface area contributed by atoms with E-state index in [2.05, 4.69) is 10.6 Å². The van der Waals surface area contributed by atoms with Crippen LogP contribution in [0.5, 0.6) is 11.5 Å². The molecule has 1 amide bonds. The summed E-state index contributed by atoms with van der Waals surface area (Å²) in [5, 5.41) is 45.6. The monoisotopic (exact) mass is 1070 g/mol. The van der Waals surface area contributed by atoms with Gasteiger partial charge in [0.05, 0.1) is 46.5 Å². The highest BCUT2D eigenvalue weighted by atomic mass is 19.1. The second-order valence-electron chi connectivity index (χ2n) is 20.9. The van der Waals surface area contributed by atoms with Crippen molar-refractivity contribution < 1.29 is 67.8 Å². The maximum Gasteiger partial charge on any atom is 0.341 e. The molecule has 0 spiro atoms. The fraction of sp³-hybridized carbons (Fsp3) is 0.491. The molecule has 7 heterocycles. The standard InChI is InChI=1S/C56H64FN5O13.CH4O/c1-28-9-8-10-29(2)53(69)59-44-47(50(67)41-42(49(44)66)48(65)31(4)52-43(41)51(68)56(75-52)73-22-7-6-11-37(74-32(5)63)23-36(64)15-12-28)60-20-17-35(18-21-60)58-25-33-16-19-61(26-33)46-30(3)45-38(34-13-14-34)24-39(55(71)72)54(70)62(45)27-40(46)57;1-2/h7-10,22,24,27-28,33-37,56,58,64-65H,6,11-21,23,25-26H2,1-5H3,(H,59,69)(H,71,72);2H,1H3/b9-8+,22-7+,29-10-;. The molecule has 2 aliphatic carbocycles. The van der Waals surface area contributed by atoms with Crippen LogP contribution >= 0.6 is 0 Å². The number of halogens is 1. The minimum Gasteiger partial charge on any atom is -0.507 e. The number of carbonyl (C=O) groups excluding carboxylic acids is 5. The van der Waals surface area contributed by atoms with E-state index in [9.17, 15) is 44.1 Å². The molecule has 1 aromatic carbocycles. The Morgan fingerprint density at radius 3 is 2.31 bits per heavy atom. The second-order valence-corrected chi connectivity index (χ2v) is 20.9. The number of carboxylic acid groups (broad SMARTS) is 1. The SMILES string of the molecule is CC(=O)OC1CC/C=C/OC2Oc3c(C)c(O)c4c(c3C2=O)C(=O)C(N2CCC(NCC3CCN(c5c(F)cn6c(=O)c(C(=O)O)cc(C7CC7)c6c5C)C3)CC2)=C(NC(=O)/C(C)=C\C=C\C(C)CCC(O)C1)C4=O.CO. The number of aliphatic hydroxyl groups is 2. The average Bonchev–Trinajstić information content (AvgIpc) is 4.15. The third-order valence-corrected chi connectivity index (χ3v) is 15.4. The van der Waals surface area contributed by atoms with Crippen LogP contribution in [0.4, 0.5) is 10.1 Å². The number of likely N-dealkylation sites (tertiary alicyclic amines) is 1. The minimum absolute atomic E-state index is 0.00644. The highest BCUT2D eigenvalue weighted by molar-refractivity contribution is 6.32. The molecule has 5 bridgehead atoms. The summed E-state index contributed by atoms with van der Waals surface area (Å²) in [7, 11) is 1.00. The van der Waals surface area contributed by atoms with Gasteiger partial charge in [-0.05, 0) is 126 Å². The normalized spacial score (nSPS) is 25.1. The molecule has 77 heavy (non-hydrogen) atoms. The zero-order chi connectivity index (χ0) is 55.6. The van der Waals surface area contributed by atoms with Gasteiger partial charge in [0, 0.05) is 63.8 Å². The molecule has 2 aromatic heterocycles. The number of aromatic hydroxyl groups is 1. The van der Waals surface area contributed by atoms with E-state index in [-0.39, 0.29) is 88.3 Å². The summed E-state index contributed by atoms with van der Waals surface area (Å²) in [6, 6.07) is 1.43. The molecule has 20 heteroatoms. The number of aromatic carboxylic acids is 1. The number of anilines is 1. The minimum atomic E-state index is -1.57. The molecule has 5 atom stereocenters. The van der Waals surface area contributed by atoms with Gasteiger partial charge in [0.2, 0.25) is 17.3 Å². The van der Waals surface area contributed by atoms with E-state index < -0.39 is 76.4 Å². The number of ketones is 3. The number of aryl methyl sites for hydroxylation is 1. The first kappa shape index (κ1) is 56.1. The number of rotatable bonds is 8. The molecule has 19 nitrogen and oxygen atoms in total. The molecule has 10 rings (SSSR count). The number of allylic oxidation sites excluding steroid dienone is 6. The van der Waals surface area contributed by atoms with Gasteiger partial charge in [-0.25, -0.2) is 9.18 Å². The Bertz CT molecular complexity index is 3070. The number of piperidine rings is 1. The quantitative estimate of drug-likeness (QED) is 0.140. The maximum absolute atomic E-state index is 16.0. The van der Waals surface area contributed by atoms with Crippen LogP contribution < -0.4 is 25.8 Å². The van der Waals surface area contributed by atoms with Crippen molar-refractivity contribution in [3.63, 3.8) is 0 Å². The zero-order valence-corrected chi connectivity index (χ0v) is 44.3. The summed E-state index contributed by atoms with van der Waals surface area (Å²) in [4.78, 5) is 98.8. The number of phenolic OH excluding ortho intramolecular Hbond substituents is 1. The number of ether oxygens (including phenoxy) is 3. The lowest BCUT2D eigenvalue weighted by atomic mass is 9.82. The summed E-state index contributed by atoms with van der Waals surface area (Å²) in [6.07, 6.45) is 11.7. The summed E-state index contributed by atoms with van der Waals surface area (Å²) in [5.41, 5.74) is -0.103. The topological polar surface area (TPSA) is 263 Å². The van der Waals surface area contributed by atoms with Crippen LogP contribution in [0.2, 0.25) is 0 Å². The number of hydrogen-bond acceptors (Lipinski definition) is 16. The number of phenols is 1. The average molecular weight is 1070 g/mol. The van der Waals surface area contributed by atoms with Crippen LogP contribution in [0, 0.1) is 31.5 Å². The van der Waals surface area contributed by atoms with Crippen molar-refractivity contribution in [3.05, 3.63) is 115 Å². The number of carbonyl (C=O) groups is 6. The van der Waals surface area contributed by atoms with Gasteiger partial charge >= 0.3 is 18.2 Å². The number of amides is 1. The number of fused-ring (bicyclic) bond motifs is 15. The molecular weight excluding hydrogens is 998 g/mol. The van der Waals surface area contributed by atoms with Crippen molar-refractivity contribution in [3.8, 4) is 11.5 Å². The van der Waals surface area contributed by atoms with E-state index in [0.717, 1.165) is 42.5 Å². The zero-order valence-electron chi connectivity index (χ0n) is 44.3. The molecule has 0 radical (unpaired) electrons. The number of Topliss-reactive ketones (excluding diaryl/α,β-unsaturated/α-hetero) is 3. The molecule has 5 unspecified atom stereocenters. The fourth-order valence-electron chi connectivity index (χ4n) is 11.2. The van der Waals surface area contributed by atoms with Crippen molar-refractivity contribution >= 4 is 46.4 Å². The van der Waals surface area contributed by atoms with E-state index in [1.54, 1.807) is 37.0 Å². The van der Waals surface area contributed by atoms with Gasteiger partial charge < -0.3 is 55.1 Å². The van der Waals surface area contributed by atoms with Gasteiger partial charge in [-0.15, -0.1) is 0 Å². The Hall–Kier alpha value is -7.16.